The van der Waals surface area contributed by atoms with Crippen molar-refractivity contribution in [3.8, 4) is 5.75 Å². The summed E-state index contributed by atoms with van der Waals surface area (Å²) in [5.41, 5.74) is 3.82. The number of hydrogen-bond donors (Lipinski definition) is 1. The van der Waals surface area contributed by atoms with Gasteiger partial charge in [0.25, 0.3) is 0 Å². The molecule has 0 bridgehead atoms. The third-order valence-corrected chi connectivity index (χ3v) is 3.28. The molecule has 112 valence electrons. The Morgan fingerprint density at radius 2 is 1.52 bits per heavy atom. The maximum Gasteiger partial charge on any atom is 0.119 e. The summed E-state index contributed by atoms with van der Waals surface area (Å²) in [5.74, 6) is 0.928. The molecule has 21 heavy (non-hydrogen) atoms. The topological polar surface area (TPSA) is 21.3 Å². The molecule has 0 fully saturated rings. The van der Waals surface area contributed by atoms with Crippen LogP contribution >= 0.6 is 0 Å². The molecule has 0 aliphatic heterocycles. The lowest BCUT2D eigenvalue weighted by molar-refractivity contribution is 0.242. The van der Waals surface area contributed by atoms with Gasteiger partial charge in [0, 0.05) is 12.2 Å². The summed E-state index contributed by atoms with van der Waals surface area (Å²) >= 11 is 0. The Kier molecular flexibility index (Phi) is 5.68. The van der Waals surface area contributed by atoms with Gasteiger partial charge >= 0.3 is 0 Å². The monoisotopic (exact) mass is 283 g/mol. The summed E-state index contributed by atoms with van der Waals surface area (Å²) in [6.07, 6.45) is 2.56. The molecule has 2 nitrogen and oxygen atoms in total. The predicted octanol–water partition coefficient (Wildman–Crippen LogP) is 5.04. The predicted molar refractivity (Wildman–Crippen MR) is 90.0 cm³/mol. The van der Waals surface area contributed by atoms with Crippen LogP contribution in [0.4, 0.5) is 5.69 Å². The van der Waals surface area contributed by atoms with Crippen LogP contribution in [0.15, 0.2) is 48.5 Å². The first kappa shape index (κ1) is 15.4. The van der Waals surface area contributed by atoms with Crippen LogP contribution in [0, 0.1) is 0 Å². The highest BCUT2D eigenvalue weighted by molar-refractivity contribution is 5.45. The van der Waals surface area contributed by atoms with Gasteiger partial charge in [-0.05, 0) is 55.7 Å². The molecule has 0 aliphatic carbocycles. The van der Waals surface area contributed by atoms with E-state index in [1.807, 2.05) is 26.0 Å². The SMILES string of the molecule is CCCc1ccc(NCc2ccc(OC(C)C)cc2)cc1. The van der Waals surface area contributed by atoms with Crippen LogP contribution in [0.5, 0.6) is 5.75 Å². The van der Waals surface area contributed by atoms with Crippen molar-refractivity contribution in [2.75, 3.05) is 5.32 Å². The summed E-state index contributed by atoms with van der Waals surface area (Å²) in [7, 11) is 0. The maximum absolute atomic E-state index is 5.65. The van der Waals surface area contributed by atoms with E-state index in [-0.39, 0.29) is 6.10 Å². The maximum atomic E-state index is 5.65. The minimum absolute atomic E-state index is 0.218. The standard InChI is InChI=1S/C19H25NO/c1-4-5-16-6-10-18(11-7-16)20-14-17-8-12-19(13-9-17)21-15(2)3/h6-13,15,20H,4-5,14H2,1-3H3. The van der Waals surface area contributed by atoms with Gasteiger partial charge < -0.3 is 10.1 Å². The van der Waals surface area contributed by atoms with E-state index in [0.29, 0.717) is 0 Å². The Morgan fingerprint density at radius 1 is 0.905 bits per heavy atom. The third-order valence-electron chi connectivity index (χ3n) is 3.28. The Hall–Kier alpha value is -1.96. The van der Waals surface area contributed by atoms with Gasteiger partial charge in [0.2, 0.25) is 0 Å². The zero-order valence-electron chi connectivity index (χ0n) is 13.2. The summed E-state index contributed by atoms with van der Waals surface area (Å²) < 4.78 is 5.65. The van der Waals surface area contributed by atoms with Crippen molar-refractivity contribution in [2.45, 2.75) is 46.3 Å². The lowest BCUT2D eigenvalue weighted by atomic mass is 10.1. The smallest absolute Gasteiger partial charge is 0.119 e. The molecule has 2 rings (SSSR count). The lowest BCUT2D eigenvalue weighted by Crippen LogP contribution is -2.05. The van der Waals surface area contributed by atoms with Gasteiger partial charge in [0.05, 0.1) is 6.10 Å². The number of aryl methyl sites for hydroxylation is 1. The molecule has 0 atom stereocenters. The zero-order valence-corrected chi connectivity index (χ0v) is 13.2. The van der Waals surface area contributed by atoms with Gasteiger partial charge in [-0.1, -0.05) is 37.6 Å². The second-order valence-corrected chi connectivity index (χ2v) is 5.61. The summed E-state index contributed by atoms with van der Waals surface area (Å²) in [6, 6.07) is 17.0. The Bertz CT molecular complexity index is 528. The molecule has 0 aromatic heterocycles. The fourth-order valence-corrected chi connectivity index (χ4v) is 2.24. The van der Waals surface area contributed by atoms with Crippen LogP contribution in [0.1, 0.15) is 38.3 Å². The second kappa shape index (κ2) is 7.72. The minimum Gasteiger partial charge on any atom is -0.491 e. The van der Waals surface area contributed by atoms with Crippen LogP contribution in [-0.2, 0) is 13.0 Å². The van der Waals surface area contributed by atoms with Gasteiger partial charge in [-0.3, -0.25) is 0 Å². The van der Waals surface area contributed by atoms with Crippen LogP contribution in [0.3, 0.4) is 0 Å². The number of nitrogens with one attached hydrogen (secondary N) is 1. The third kappa shape index (κ3) is 5.14. The van der Waals surface area contributed by atoms with Crippen molar-refractivity contribution < 1.29 is 4.74 Å². The Balaban J connectivity index is 1.87. The number of benzene rings is 2. The van der Waals surface area contributed by atoms with E-state index in [4.69, 9.17) is 4.74 Å². The average Bonchev–Trinajstić information content (AvgIpc) is 2.48. The highest BCUT2D eigenvalue weighted by Gasteiger charge is 1.99. The summed E-state index contributed by atoms with van der Waals surface area (Å²) in [5, 5.41) is 3.45. The fourth-order valence-electron chi connectivity index (χ4n) is 2.24. The first-order chi connectivity index (χ1) is 10.2. The number of ether oxygens (including phenoxy) is 1. The molecule has 0 spiro atoms. The Labute approximate surface area is 128 Å². The van der Waals surface area contributed by atoms with Crippen LogP contribution in [0.25, 0.3) is 0 Å². The average molecular weight is 283 g/mol. The quantitative estimate of drug-likeness (QED) is 0.768. The van der Waals surface area contributed by atoms with Gasteiger partial charge in [-0.25, -0.2) is 0 Å². The molecular weight excluding hydrogens is 258 g/mol. The van der Waals surface area contributed by atoms with E-state index in [9.17, 15) is 0 Å². The molecule has 0 saturated heterocycles. The zero-order chi connectivity index (χ0) is 15.1. The summed E-state index contributed by atoms with van der Waals surface area (Å²) in [4.78, 5) is 0. The minimum atomic E-state index is 0.218. The van der Waals surface area contributed by atoms with E-state index in [1.165, 1.54) is 17.5 Å². The molecule has 0 amide bonds. The number of hydrogen-bond acceptors (Lipinski definition) is 2. The van der Waals surface area contributed by atoms with Crippen molar-refractivity contribution in [1.82, 2.24) is 0 Å². The van der Waals surface area contributed by atoms with E-state index in [2.05, 4.69) is 48.6 Å². The van der Waals surface area contributed by atoms with Crippen molar-refractivity contribution in [3.63, 3.8) is 0 Å². The molecule has 2 heteroatoms. The second-order valence-electron chi connectivity index (χ2n) is 5.61. The first-order valence-corrected chi connectivity index (χ1v) is 7.76. The molecule has 0 unspecified atom stereocenters. The number of rotatable bonds is 7. The highest BCUT2D eigenvalue weighted by Crippen LogP contribution is 2.16. The van der Waals surface area contributed by atoms with E-state index in [1.54, 1.807) is 0 Å². The lowest BCUT2D eigenvalue weighted by Gasteiger charge is -2.11. The first-order valence-electron chi connectivity index (χ1n) is 7.76. The van der Waals surface area contributed by atoms with Crippen LogP contribution < -0.4 is 10.1 Å². The van der Waals surface area contributed by atoms with E-state index >= 15 is 0 Å². The van der Waals surface area contributed by atoms with Crippen molar-refractivity contribution >= 4 is 5.69 Å². The van der Waals surface area contributed by atoms with Gasteiger partial charge in [0.1, 0.15) is 5.75 Å². The van der Waals surface area contributed by atoms with Crippen LogP contribution in [0.2, 0.25) is 0 Å². The largest absolute Gasteiger partial charge is 0.491 e. The number of anilines is 1. The van der Waals surface area contributed by atoms with Crippen molar-refractivity contribution in [2.24, 2.45) is 0 Å². The molecule has 2 aromatic rings. The van der Waals surface area contributed by atoms with E-state index < -0.39 is 0 Å². The summed E-state index contributed by atoms with van der Waals surface area (Å²) in [6.45, 7) is 7.11. The van der Waals surface area contributed by atoms with Crippen molar-refractivity contribution in [1.29, 1.82) is 0 Å². The molecule has 0 saturated carbocycles. The van der Waals surface area contributed by atoms with Gasteiger partial charge in [0.15, 0.2) is 0 Å². The van der Waals surface area contributed by atoms with Crippen LogP contribution in [-0.4, -0.2) is 6.10 Å². The normalized spacial score (nSPS) is 10.7. The Morgan fingerprint density at radius 3 is 2.10 bits per heavy atom. The van der Waals surface area contributed by atoms with Gasteiger partial charge in [-0.2, -0.15) is 0 Å². The fraction of sp³-hybridized carbons (Fsp3) is 0.368. The van der Waals surface area contributed by atoms with Gasteiger partial charge in [-0.15, -0.1) is 0 Å². The van der Waals surface area contributed by atoms with E-state index in [0.717, 1.165) is 24.4 Å². The molecule has 2 aromatic carbocycles. The molecule has 0 heterocycles. The molecule has 1 N–H and O–H groups in total. The molecular formula is C19H25NO. The highest BCUT2D eigenvalue weighted by atomic mass is 16.5. The molecule has 0 radical (unpaired) electrons. The van der Waals surface area contributed by atoms with Crippen molar-refractivity contribution in [3.05, 3.63) is 59.7 Å². The molecule has 0 aliphatic rings.